The lowest BCUT2D eigenvalue weighted by atomic mass is 10.2. The van der Waals surface area contributed by atoms with Crippen LogP contribution in [0.1, 0.15) is 11.1 Å². The van der Waals surface area contributed by atoms with Crippen LogP contribution in [-0.2, 0) is 9.84 Å². The Morgan fingerprint density at radius 1 is 0.955 bits per heavy atom. The molecule has 1 heterocycles. The van der Waals surface area contributed by atoms with Crippen LogP contribution >= 0.6 is 0 Å². The van der Waals surface area contributed by atoms with Crippen LogP contribution in [0.4, 0.5) is 0 Å². The maximum atomic E-state index is 12.7. The van der Waals surface area contributed by atoms with E-state index in [1.807, 2.05) is 6.92 Å². The fourth-order valence-electron chi connectivity index (χ4n) is 2.31. The average molecular weight is 314 g/mol. The zero-order chi connectivity index (χ0) is 15.9. The van der Waals surface area contributed by atoms with E-state index in [2.05, 4.69) is 0 Å². The van der Waals surface area contributed by atoms with Gasteiger partial charge in [0.2, 0.25) is 15.3 Å². The molecule has 112 valence electrons. The largest absolute Gasteiger partial charge is 0.463 e. The first kappa shape index (κ1) is 14.5. The van der Waals surface area contributed by atoms with Crippen molar-refractivity contribution >= 4 is 20.8 Å². The van der Waals surface area contributed by atoms with E-state index in [0.29, 0.717) is 5.58 Å². The van der Waals surface area contributed by atoms with E-state index in [1.54, 1.807) is 37.3 Å². The van der Waals surface area contributed by atoms with Crippen molar-refractivity contribution < 1.29 is 12.8 Å². The third-order valence-corrected chi connectivity index (χ3v) is 5.22. The number of benzene rings is 2. The second-order valence-electron chi connectivity index (χ2n) is 5.25. The van der Waals surface area contributed by atoms with E-state index in [-0.39, 0.29) is 15.2 Å². The number of fused-ring (bicyclic) bond motifs is 1. The van der Waals surface area contributed by atoms with Gasteiger partial charge in [-0.05, 0) is 49.2 Å². The van der Waals surface area contributed by atoms with E-state index in [1.165, 1.54) is 12.1 Å². The van der Waals surface area contributed by atoms with E-state index in [9.17, 15) is 13.2 Å². The zero-order valence-electron chi connectivity index (χ0n) is 12.2. The molecule has 0 amide bonds. The highest BCUT2D eigenvalue weighted by molar-refractivity contribution is 7.91. The molecule has 0 aliphatic carbocycles. The van der Waals surface area contributed by atoms with Crippen molar-refractivity contribution in [2.24, 2.45) is 0 Å². The first-order chi connectivity index (χ1) is 10.4. The quantitative estimate of drug-likeness (QED) is 0.728. The molecule has 0 unspecified atom stereocenters. The Balaban J connectivity index is 2.28. The first-order valence-corrected chi connectivity index (χ1v) is 8.22. The monoisotopic (exact) mass is 314 g/mol. The molecule has 5 heteroatoms. The number of aryl methyl sites for hydroxylation is 2. The summed E-state index contributed by atoms with van der Waals surface area (Å²) < 4.78 is 30.7. The summed E-state index contributed by atoms with van der Waals surface area (Å²) in [5.41, 5.74) is 1.59. The van der Waals surface area contributed by atoms with Gasteiger partial charge in [0, 0.05) is 0 Å². The van der Waals surface area contributed by atoms with Crippen molar-refractivity contribution in [3.05, 3.63) is 70.1 Å². The predicted octanol–water partition coefficient (Wildman–Crippen LogP) is 3.24. The predicted molar refractivity (Wildman–Crippen MR) is 83.9 cm³/mol. The molecule has 0 aliphatic rings. The Morgan fingerprint density at radius 2 is 1.68 bits per heavy atom. The molecule has 0 atom stereocenters. The molecule has 0 radical (unpaired) electrons. The molecule has 3 rings (SSSR count). The number of hydrogen-bond acceptors (Lipinski definition) is 4. The molecule has 0 bridgehead atoms. The summed E-state index contributed by atoms with van der Waals surface area (Å²) in [6, 6.07) is 11.5. The smallest absolute Gasteiger partial charge is 0.213 e. The SMILES string of the molecule is Cc1cccc(S(=O)(=O)c2coc3cc(C)ccc3c2=O)c1. The number of rotatable bonds is 2. The minimum atomic E-state index is -3.90. The van der Waals surface area contributed by atoms with E-state index < -0.39 is 15.3 Å². The topological polar surface area (TPSA) is 64.3 Å². The van der Waals surface area contributed by atoms with Gasteiger partial charge >= 0.3 is 0 Å². The molecular formula is C17H14O4S. The molecule has 4 nitrogen and oxygen atoms in total. The number of hydrogen-bond donors (Lipinski definition) is 0. The van der Waals surface area contributed by atoms with Crippen LogP contribution in [-0.4, -0.2) is 8.42 Å². The standard InChI is InChI=1S/C17H14O4S/c1-11-4-3-5-13(8-11)22(19,20)16-10-21-15-9-12(2)6-7-14(15)17(16)18/h3-10H,1-2H3. The minimum Gasteiger partial charge on any atom is -0.463 e. The molecule has 2 aromatic carbocycles. The van der Waals surface area contributed by atoms with E-state index in [0.717, 1.165) is 17.4 Å². The minimum absolute atomic E-state index is 0.0891. The van der Waals surface area contributed by atoms with Crippen LogP contribution in [0, 0.1) is 13.8 Å². The summed E-state index contributed by atoms with van der Waals surface area (Å²) >= 11 is 0. The van der Waals surface area contributed by atoms with Gasteiger partial charge in [0.05, 0.1) is 10.3 Å². The third-order valence-electron chi connectivity index (χ3n) is 3.49. The lowest BCUT2D eigenvalue weighted by Crippen LogP contribution is -2.15. The summed E-state index contributed by atoms with van der Waals surface area (Å²) in [7, 11) is -3.90. The third kappa shape index (κ3) is 2.33. The van der Waals surface area contributed by atoms with E-state index >= 15 is 0 Å². The molecule has 0 aliphatic heterocycles. The average Bonchev–Trinajstić information content (AvgIpc) is 2.47. The summed E-state index contributed by atoms with van der Waals surface area (Å²) in [6.07, 6.45) is 1.03. The maximum absolute atomic E-state index is 12.7. The van der Waals surface area contributed by atoms with Crippen molar-refractivity contribution in [3.63, 3.8) is 0 Å². The second-order valence-corrected chi connectivity index (χ2v) is 7.17. The first-order valence-electron chi connectivity index (χ1n) is 6.73. The van der Waals surface area contributed by atoms with Crippen molar-refractivity contribution in [3.8, 4) is 0 Å². The lowest BCUT2D eigenvalue weighted by Gasteiger charge is -2.06. The zero-order valence-corrected chi connectivity index (χ0v) is 13.0. The Hall–Kier alpha value is -2.40. The van der Waals surface area contributed by atoms with Crippen LogP contribution in [0.3, 0.4) is 0 Å². The number of sulfone groups is 1. The highest BCUT2D eigenvalue weighted by Gasteiger charge is 2.23. The Labute approximate surface area is 127 Å². The molecule has 0 fully saturated rings. The summed E-state index contributed by atoms with van der Waals surface area (Å²) in [5.74, 6) is 0. The van der Waals surface area contributed by atoms with Gasteiger partial charge in [0.15, 0.2) is 4.90 Å². The van der Waals surface area contributed by atoms with Gasteiger partial charge in [0.25, 0.3) is 0 Å². The molecule has 3 aromatic rings. The highest BCUT2D eigenvalue weighted by Crippen LogP contribution is 2.22. The van der Waals surface area contributed by atoms with Crippen molar-refractivity contribution in [1.29, 1.82) is 0 Å². The van der Waals surface area contributed by atoms with Gasteiger partial charge in [-0.3, -0.25) is 4.79 Å². The Kier molecular flexibility index (Phi) is 3.37. The second kappa shape index (κ2) is 5.10. The lowest BCUT2D eigenvalue weighted by molar-refractivity contribution is 0.566. The van der Waals surface area contributed by atoms with Crippen molar-refractivity contribution in [2.75, 3.05) is 0 Å². The van der Waals surface area contributed by atoms with Gasteiger partial charge in [0.1, 0.15) is 11.8 Å². The van der Waals surface area contributed by atoms with E-state index in [4.69, 9.17) is 4.42 Å². The van der Waals surface area contributed by atoms with Crippen LogP contribution in [0.15, 0.2) is 67.7 Å². The normalized spacial score (nSPS) is 11.7. The summed E-state index contributed by atoms with van der Waals surface area (Å²) in [4.78, 5) is 12.3. The van der Waals surface area contributed by atoms with Gasteiger partial charge in [-0.15, -0.1) is 0 Å². The van der Waals surface area contributed by atoms with Gasteiger partial charge < -0.3 is 4.42 Å². The maximum Gasteiger partial charge on any atom is 0.213 e. The highest BCUT2D eigenvalue weighted by atomic mass is 32.2. The molecule has 0 N–H and O–H groups in total. The molecule has 0 spiro atoms. The van der Waals surface area contributed by atoms with Gasteiger partial charge in [-0.25, -0.2) is 8.42 Å². The fraction of sp³-hybridized carbons (Fsp3) is 0.118. The Bertz CT molecular complexity index is 1030. The van der Waals surface area contributed by atoms with Crippen LogP contribution < -0.4 is 5.43 Å². The summed E-state index contributed by atoms with van der Waals surface area (Å²) in [6.45, 7) is 3.67. The molecular weight excluding hydrogens is 300 g/mol. The van der Waals surface area contributed by atoms with Gasteiger partial charge in [-0.1, -0.05) is 18.2 Å². The van der Waals surface area contributed by atoms with Crippen molar-refractivity contribution in [1.82, 2.24) is 0 Å². The molecule has 1 aromatic heterocycles. The van der Waals surface area contributed by atoms with Gasteiger partial charge in [-0.2, -0.15) is 0 Å². The fourth-order valence-corrected chi connectivity index (χ4v) is 3.69. The van der Waals surface area contributed by atoms with Crippen LogP contribution in [0.5, 0.6) is 0 Å². The molecule has 22 heavy (non-hydrogen) atoms. The van der Waals surface area contributed by atoms with Crippen LogP contribution in [0.2, 0.25) is 0 Å². The molecule has 0 saturated heterocycles. The molecule has 0 saturated carbocycles. The Morgan fingerprint density at radius 3 is 2.41 bits per heavy atom. The van der Waals surface area contributed by atoms with Crippen LogP contribution in [0.25, 0.3) is 11.0 Å². The van der Waals surface area contributed by atoms with Crippen molar-refractivity contribution in [2.45, 2.75) is 23.6 Å². The summed E-state index contributed by atoms with van der Waals surface area (Å²) in [5, 5.41) is 0.263.